The SMILES string of the molecule is Cc1cc(C2CN(C(=O)OC(C)(C)C)C2)cc2c1O[C@H](C)c1c(ncnc1N1CCS(=O)(=O)CC1)N2. The van der Waals surface area contributed by atoms with Crippen LogP contribution in [0, 0.1) is 6.92 Å². The van der Waals surface area contributed by atoms with Gasteiger partial charge in [0, 0.05) is 32.1 Å². The molecule has 0 unspecified atom stereocenters. The minimum atomic E-state index is -3.01. The van der Waals surface area contributed by atoms with E-state index in [-0.39, 0.29) is 29.6 Å². The lowest BCUT2D eigenvalue weighted by Crippen LogP contribution is -2.50. The minimum absolute atomic E-state index is 0.110. The van der Waals surface area contributed by atoms with Crippen LogP contribution in [0.3, 0.4) is 0 Å². The zero-order valence-corrected chi connectivity index (χ0v) is 22.2. The van der Waals surface area contributed by atoms with Gasteiger partial charge in [0.25, 0.3) is 0 Å². The first-order valence-corrected chi connectivity index (χ1v) is 14.1. The van der Waals surface area contributed by atoms with Crippen molar-refractivity contribution in [2.24, 2.45) is 0 Å². The highest BCUT2D eigenvalue weighted by molar-refractivity contribution is 7.91. The number of benzene rings is 1. The molecule has 2 fully saturated rings. The van der Waals surface area contributed by atoms with Gasteiger partial charge in [-0.15, -0.1) is 0 Å². The second kappa shape index (κ2) is 8.79. The van der Waals surface area contributed by atoms with Gasteiger partial charge < -0.3 is 24.6 Å². The van der Waals surface area contributed by atoms with Crippen molar-refractivity contribution >= 4 is 33.3 Å². The normalized spacial score (nSPS) is 21.3. The van der Waals surface area contributed by atoms with E-state index in [0.29, 0.717) is 37.8 Å². The van der Waals surface area contributed by atoms with E-state index in [2.05, 4.69) is 27.4 Å². The van der Waals surface area contributed by atoms with E-state index in [1.165, 1.54) is 6.33 Å². The lowest BCUT2D eigenvalue weighted by Gasteiger charge is -2.40. The molecule has 0 saturated carbocycles. The van der Waals surface area contributed by atoms with Crippen LogP contribution in [0.1, 0.15) is 56.4 Å². The van der Waals surface area contributed by atoms with Crippen molar-refractivity contribution in [2.75, 3.05) is 47.9 Å². The van der Waals surface area contributed by atoms with Gasteiger partial charge in [-0.3, -0.25) is 0 Å². The fraction of sp³-hybridized carbons (Fsp3) is 0.560. The molecule has 1 amide bonds. The van der Waals surface area contributed by atoms with E-state index >= 15 is 0 Å². The molecule has 1 aromatic heterocycles. The summed E-state index contributed by atoms with van der Waals surface area (Å²) in [4.78, 5) is 25.1. The number of sulfone groups is 1. The summed E-state index contributed by atoms with van der Waals surface area (Å²) in [6.07, 6.45) is 0.882. The number of nitrogens with zero attached hydrogens (tertiary/aromatic N) is 4. The summed E-state index contributed by atoms with van der Waals surface area (Å²) in [5.74, 6) is 2.53. The maximum absolute atomic E-state index is 12.4. The molecule has 10 nitrogen and oxygen atoms in total. The Bertz CT molecular complexity index is 1290. The number of carbonyl (C=O) groups is 1. The molecule has 0 radical (unpaired) electrons. The molecule has 0 aliphatic carbocycles. The van der Waals surface area contributed by atoms with E-state index < -0.39 is 15.4 Å². The number of anilines is 3. The first kappa shape index (κ1) is 24.6. The van der Waals surface area contributed by atoms with Crippen LogP contribution in [0.25, 0.3) is 0 Å². The standard InChI is InChI=1S/C25H33N5O5S/c1-15-10-17(18-12-30(13-18)24(31)35-25(3,4)5)11-19-21(15)34-16(2)20-22(28-19)26-14-27-23(20)29-6-8-36(32,33)9-7-29/h10-11,14,16,18H,6-9,12-13H2,1-5H3,(H,26,27,28)/t16-/m1/s1. The van der Waals surface area contributed by atoms with Crippen molar-refractivity contribution < 1.29 is 22.7 Å². The Kier molecular flexibility index (Phi) is 6.01. The van der Waals surface area contributed by atoms with Gasteiger partial charge in [-0.1, -0.05) is 6.07 Å². The molecule has 194 valence electrons. The number of hydrogen-bond donors (Lipinski definition) is 1. The van der Waals surface area contributed by atoms with Crippen LogP contribution < -0.4 is 15.0 Å². The van der Waals surface area contributed by atoms with Crippen LogP contribution in [0.4, 0.5) is 22.1 Å². The summed E-state index contributed by atoms with van der Waals surface area (Å²) in [5, 5.41) is 3.45. The molecule has 11 heteroatoms. The molecule has 2 aromatic rings. The molecule has 36 heavy (non-hydrogen) atoms. The Morgan fingerprint density at radius 1 is 1.17 bits per heavy atom. The molecule has 5 rings (SSSR count). The maximum atomic E-state index is 12.4. The molecular weight excluding hydrogens is 482 g/mol. The molecule has 2 saturated heterocycles. The second-order valence-corrected chi connectivity index (χ2v) is 13.1. The van der Waals surface area contributed by atoms with Crippen molar-refractivity contribution in [3.8, 4) is 5.75 Å². The third kappa shape index (κ3) is 4.80. The van der Waals surface area contributed by atoms with E-state index in [1.807, 2.05) is 39.5 Å². The Morgan fingerprint density at radius 3 is 2.53 bits per heavy atom. The van der Waals surface area contributed by atoms with Crippen LogP contribution in [-0.2, 0) is 14.6 Å². The molecule has 3 aliphatic rings. The third-order valence-electron chi connectivity index (χ3n) is 6.76. The van der Waals surface area contributed by atoms with E-state index in [0.717, 1.165) is 28.1 Å². The largest absolute Gasteiger partial charge is 0.483 e. The van der Waals surface area contributed by atoms with Crippen LogP contribution in [0.15, 0.2) is 18.5 Å². The number of aromatic nitrogens is 2. The first-order valence-electron chi connectivity index (χ1n) is 12.3. The number of rotatable bonds is 2. The van der Waals surface area contributed by atoms with Crippen molar-refractivity contribution in [2.45, 2.75) is 52.2 Å². The maximum Gasteiger partial charge on any atom is 0.410 e. The summed E-state index contributed by atoms with van der Waals surface area (Å²) in [6.45, 7) is 11.6. The average Bonchev–Trinajstić information content (AvgIpc) is 2.88. The Morgan fingerprint density at radius 2 is 1.86 bits per heavy atom. The molecular formula is C25H33N5O5S. The molecule has 1 aromatic carbocycles. The summed E-state index contributed by atoms with van der Waals surface area (Å²) < 4.78 is 35.8. The predicted octanol–water partition coefficient (Wildman–Crippen LogP) is 3.55. The van der Waals surface area contributed by atoms with Crippen molar-refractivity contribution in [3.05, 3.63) is 35.2 Å². The molecule has 1 N–H and O–H groups in total. The molecule has 4 heterocycles. The Balaban J connectivity index is 1.39. The van der Waals surface area contributed by atoms with E-state index in [1.54, 1.807) is 4.90 Å². The smallest absolute Gasteiger partial charge is 0.410 e. The van der Waals surface area contributed by atoms with Crippen molar-refractivity contribution in [3.63, 3.8) is 0 Å². The average molecular weight is 516 g/mol. The van der Waals surface area contributed by atoms with Gasteiger partial charge in [0.2, 0.25) is 0 Å². The lowest BCUT2D eigenvalue weighted by atomic mass is 9.90. The van der Waals surface area contributed by atoms with Gasteiger partial charge in [-0.25, -0.2) is 23.2 Å². The number of carbonyl (C=O) groups excluding carboxylic acids is 1. The number of fused-ring (bicyclic) bond motifs is 2. The highest BCUT2D eigenvalue weighted by Crippen LogP contribution is 2.44. The zero-order valence-electron chi connectivity index (χ0n) is 21.4. The van der Waals surface area contributed by atoms with Gasteiger partial charge >= 0.3 is 6.09 Å². The van der Waals surface area contributed by atoms with Crippen molar-refractivity contribution in [1.82, 2.24) is 14.9 Å². The zero-order chi connectivity index (χ0) is 25.8. The summed E-state index contributed by atoms with van der Waals surface area (Å²) in [7, 11) is -3.01. The highest BCUT2D eigenvalue weighted by Gasteiger charge is 2.36. The number of aryl methyl sites for hydroxylation is 1. The van der Waals surface area contributed by atoms with Crippen LogP contribution in [0.2, 0.25) is 0 Å². The summed E-state index contributed by atoms with van der Waals surface area (Å²) in [5.41, 5.74) is 3.22. The number of ether oxygens (including phenoxy) is 2. The number of amides is 1. The molecule has 0 spiro atoms. The van der Waals surface area contributed by atoms with Crippen LogP contribution >= 0.6 is 0 Å². The van der Waals surface area contributed by atoms with Crippen LogP contribution in [0.5, 0.6) is 5.75 Å². The number of likely N-dealkylation sites (tertiary alicyclic amines) is 1. The minimum Gasteiger partial charge on any atom is -0.483 e. The fourth-order valence-electron chi connectivity index (χ4n) is 4.85. The Labute approximate surface area is 211 Å². The molecule has 0 bridgehead atoms. The van der Waals surface area contributed by atoms with Crippen LogP contribution in [-0.4, -0.2) is 72.7 Å². The van der Waals surface area contributed by atoms with Gasteiger partial charge in [0.05, 0.1) is 22.8 Å². The van der Waals surface area contributed by atoms with Gasteiger partial charge in [-0.2, -0.15) is 0 Å². The summed E-state index contributed by atoms with van der Waals surface area (Å²) >= 11 is 0. The Hall–Kier alpha value is -3.08. The molecule has 3 aliphatic heterocycles. The number of nitrogens with one attached hydrogen (secondary N) is 1. The van der Waals surface area contributed by atoms with Gasteiger partial charge in [-0.05, 0) is 51.8 Å². The first-order chi connectivity index (χ1) is 16.9. The quantitative estimate of drug-likeness (QED) is 0.641. The predicted molar refractivity (Wildman–Crippen MR) is 137 cm³/mol. The van der Waals surface area contributed by atoms with Gasteiger partial charge in [0.1, 0.15) is 35.4 Å². The number of hydrogen-bond acceptors (Lipinski definition) is 9. The fourth-order valence-corrected chi connectivity index (χ4v) is 6.05. The van der Waals surface area contributed by atoms with Gasteiger partial charge in [0.15, 0.2) is 9.84 Å². The lowest BCUT2D eigenvalue weighted by molar-refractivity contribution is 0.00819. The monoisotopic (exact) mass is 515 g/mol. The second-order valence-electron chi connectivity index (χ2n) is 10.8. The molecule has 1 atom stereocenters. The summed E-state index contributed by atoms with van der Waals surface area (Å²) in [6, 6.07) is 4.18. The van der Waals surface area contributed by atoms with E-state index in [4.69, 9.17) is 9.47 Å². The topological polar surface area (TPSA) is 114 Å². The van der Waals surface area contributed by atoms with Crippen molar-refractivity contribution in [1.29, 1.82) is 0 Å². The highest BCUT2D eigenvalue weighted by atomic mass is 32.2. The third-order valence-corrected chi connectivity index (χ3v) is 8.37. The van der Waals surface area contributed by atoms with E-state index in [9.17, 15) is 13.2 Å².